The summed E-state index contributed by atoms with van der Waals surface area (Å²) in [4.78, 5) is 18.6. The number of benzene rings is 1. The second-order valence-corrected chi connectivity index (χ2v) is 8.62. The third-order valence-corrected chi connectivity index (χ3v) is 6.49. The Balaban J connectivity index is 1.83. The number of carbonyl (C=O) groups excluding carboxylic acids is 1. The summed E-state index contributed by atoms with van der Waals surface area (Å²) < 4.78 is 34.4. The maximum Gasteiger partial charge on any atom is 0.276 e. The van der Waals surface area contributed by atoms with Crippen molar-refractivity contribution in [2.45, 2.75) is 19.1 Å². The number of rotatable bonds is 3. The van der Waals surface area contributed by atoms with Gasteiger partial charge in [-0.3, -0.25) is 4.79 Å². The molecule has 1 aromatic carbocycles. The fourth-order valence-electron chi connectivity index (χ4n) is 2.74. The first kappa shape index (κ1) is 17.5. The van der Waals surface area contributed by atoms with Gasteiger partial charge in [-0.15, -0.1) is 0 Å². The highest BCUT2D eigenvalue weighted by molar-refractivity contribution is 7.92. The summed E-state index contributed by atoms with van der Waals surface area (Å²) >= 11 is 0. The second kappa shape index (κ2) is 6.51. The molecule has 1 atom stereocenters. The maximum absolute atomic E-state index is 12.7. The third kappa shape index (κ3) is 3.39. The van der Waals surface area contributed by atoms with Crippen LogP contribution in [0.4, 0.5) is 0 Å². The van der Waals surface area contributed by atoms with E-state index in [9.17, 15) is 13.2 Å². The van der Waals surface area contributed by atoms with Crippen LogP contribution in [0.15, 0.2) is 28.7 Å². The van der Waals surface area contributed by atoms with Crippen LogP contribution in [0.1, 0.15) is 23.2 Å². The SMILES string of the molecule is COc1ccc(-c2nc(C(=O)N3CCS(=O)(=O)[C@@H](C)C3)c(C)o2)cc1. The molecule has 1 aliphatic rings. The average molecular weight is 364 g/mol. The molecule has 0 aliphatic carbocycles. The van der Waals surface area contributed by atoms with Crippen molar-refractivity contribution in [3.63, 3.8) is 0 Å². The fraction of sp³-hybridized carbons (Fsp3) is 0.412. The summed E-state index contributed by atoms with van der Waals surface area (Å²) in [6.07, 6.45) is 0. The lowest BCUT2D eigenvalue weighted by molar-refractivity contribution is 0.0753. The number of aryl methyl sites for hydroxylation is 1. The Labute approximate surface area is 146 Å². The van der Waals surface area contributed by atoms with Crippen LogP contribution in [0.25, 0.3) is 11.5 Å². The van der Waals surface area contributed by atoms with Crippen molar-refractivity contribution in [3.05, 3.63) is 35.7 Å². The number of amides is 1. The molecule has 134 valence electrons. The molecular weight excluding hydrogens is 344 g/mol. The van der Waals surface area contributed by atoms with Crippen LogP contribution in [0.5, 0.6) is 5.75 Å². The Kier molecular flexibility index (Phi) is 4.55. The van der Waals surface area contributed by atoms with Crippen LogP contribution < -0.4 is 4.74 Å². The number of ether oxygens (including phenoxy) is 1. The van der Waals surface area contributed by atoms with Gasteiger partial charge in [0, 0.05) is 18.7 Å². The summed E-state index contributed by atoms with van der Waals surface area (Å²) in [5.74, 6) is 1.15. The molecule has 1 saturated heterocycles. The van der Waals surface area contributed by atoms with E-state index < -0.39 is 15.1 Å². The van der Waals surface area contributed by atoms with Crippen molar-refractivity contribution in [2.75, 3.05) is 26.0 Å². The van der Waals surface area contributed by atoms with Gasteiger partial charge in [0.05, 0.1) is 18.1 Å². The summed E-state index contributed by atoms with van der Waals surface area (Å²) in [7, 11) is -1.53. The van der Waals surface area contributed by atoms with Gasteiger partial charge in [0.25, 0.3) is 5.91 Å². The number of oxazole rings is 1. The summed E-state index contributed by atoms with van der Waals surface area (Å²) in [5, 5.41) is -0.571. The number of carbonyl (C=O) groups is 1. The van der Waals surface area contributed by atoms with Gasteiger partial charge in [0.2, 0.25) is 5.89 Å². The molecule has 0 saturated carbocycles. The average Bonchev–Trinajstić information content (AvgIpc) is 2.98. The Hall–Kier alpha value is -2.35. The smallest absolute Gasteiger partial charge is 0.276 e. The topological polar surface area (TPSA) is 89.7 Å². The molecular formula is C17H20N2O5S. The molecule has 0 N–H and O–H groups in total. The minimum absolute atomic E-state index is 0.0257. The van der Waals surface area contributed by atoms with E-state index in [-0.39, 0.29) is 30.4 Å². The normalized spacial score (nSPS) is 19.6. The number of methoxy groups -OCH3 is 1. The molecule has 0 spiro atoms. The van der Waals surface area contributed by atoms with Crippen LogP contribution >= 0.6 is 0 Å². The zero-order chi connectivity index (χ0) is 18.2. The second-order valence-electron chi connectivity index (χ2n) is 6.08. The summed E-state index contributed by atoms with van der Waals surface area (Å²) in [5.41, 5.74) is 0.954. The first-order chi connectivity index (χ1) is 11.8. The first-order valence-electron chi connectivity index (χ1n) is 7.94. The van der Waals surface area contributed by atoms with Gasteiger partial charge >= 0.3 is 0 Å². The molecule has 25 heavy (non-hydrogen) atoms. The summed E-state index contributed by atoms with van der Waals surface area (Å²) in [6, 6.07) is 7.17. The Morgan fingerprint density at radius 1 is 1.32 bits per heavy atom. The summed E-state index contributed by atoms with van der Waals surface area (Å²) in [6.45, 7) is 3.64. The van der Waals surface area contributed by atoms with Crippen molar-refractivity contribution >= 4 is 15.7 Å². The lowest BCUT2D eigenvalue weighted by Gasteiger charge is -2.30. The van der Waals surface area contributed by atoms with Crippen LogP contribution in [0.3, 0.4) is 0 Å². The molecule has 1 aromatic heterocycles. The highest BCUT2D eigenvalue weighted by Crippen LogP contribution is 2.25. The van der Waals surface area contributed by atoms with Crippen LogP contribution in [-0.4, -0.2) is 55.4 Å². The Morgan fingerprint density at radius 3 is 2.60 bits per heavy atom. The number of hydrogen-bond donors (Lipinski definition) is 0. The molecule has 3 rings (SSSR count). The number of hydrogen-bond acceptors (Lipinski definition) is 6. The van der Waals surface area contributed by atoms with Gasteiger partial charge < -0.3 is 14.1 Å². The highest BCUT2D eigenvalue weighted by atomic mass is 32.2. The molecule has 0 bridgehead atoms. The molecule has 0 unspecified atom stereocenters. The predicted molar refractivity (Wildman–Crippen MR) is 92.4 cm³/mol. The molecule has 8 heteroatoms. The number of aromatic nitrogens is 1. The Bertz CT molecular complexity index is 886. The largest absolute Gasteiger partial charge is 0.497 e. The Morgan fingerprint density at radius 2 is 2.00 bits per heavy atom. The van der Waals surface area contributed by atoms with Crippen LogP contribution in [0, 0.1) is 6.92 Å². The van der Waals surface area contributed by atoms with Crippen LogP contribution in [-0.2, 0) is 9.84 Å². The molecule has 1 aliphatic heterocycles. The van der Waals surface area contributed by atoms with E-state index in [1.165, 1.54) is 4.90 Å². The van der Waals surface area contributed by atoms with E-state index in [4.69, 9.17) is 9.15 Å². The van der Waals surface area contributed by atoms with Gasteiger partial charge in [-0.1, -0.05) is 0 Å². The molecule has 7 nitrogen and oxygen atoms in total. The predicted octanol–water partition coefficient (Wildman–Crippen LogP) is 1.92. The van der Waals surface area contributed by atoms with Gasteiger partial charge in [0.1, 0.15) is 11.5 Å². The molecule has 1 fully saturated rings. The van der Waals surface area contributed by atoms with Crippen molar-refractivity contribution in [1.82, 2.24) is 9.88 Å². The zero-order valence-electron chi connectivity index (χ0n) is 14.4. The molecule has 1 amide bonds. The van der Waals surface area contributed by atoms with E-state index in [1.807, 2.05) is 0 Å². The third-order valence-electron chi connectivity index (χ3n) is 4.36. The molecule has 2 aromatic rings. The van der Waals surface area contributed by atoms with E-state index in [0.717, 1.165) is 5.56 Å². The van der Waals surface area contributed by atoms with Crippen molar-refractivity contribution < 1.29 is 22.4 Å². The fourth-order valence-corrected chi connectivity index (χ4v) is 4.02. The van der Waals surface area contributed by atoms with Crippen LogP contribution in [0.2, 0.25) is 0 Å². The van der Waals surface area contributed by atoms with E-state index in [2.05, 4.69) is 4.98 Å². The monoisotopic (exact) mass is 364 g/mol. The van der Waals surface area contributed by atoms with Gasteiger partial charge in [-0.25, -0.2) is 13.4 Å². The number of sulfone groups is 1. The quantitative estimate of drug-likeness (QED) is 0.826. The van der Waals surface area contributed by atoms with E-state index >= 15 is 0 Å². The zero-order valence-corrected chi connectivity index (χ0v) is 15.2. The van der Waals surface area contributed by atoms with Gasteiger partial charge in [-0.2, -0.15) is 0 Å². The van der Waals surface area contributed by atoms with Crippen molar-refractivity contribution in [3.8, 4) is 17.2 Å². The standard InChI is InChI=1S/C17H20N2O5S/c1-11-10-19(8-9-25(11,21)22)17(20)15-12(2)24-16(18-15)13-4-6-14(23-3)7-5-13/h4-7,11H,8-10H2,1-3H3/t11-/m0/s1. The minimum atomic E-state index is -3.11. The minimum Gasteiger partial charge on any atom is -0.497 e. The van der Waals surface area contributed by atoms with E-state index in [0.29, 0.717) is 17.4 Å². The van der Waals surface area contributed by atoms with Gasteiger partial charge in [0.15, 0.2) is 15.5 Å². The molecule has 2 heterocycles. The number of nitrogens with zero attached hydrogens (tertiary/aromatic N) is 2. The van der Waals surface area contributed by atoms with E-state index in [1.54, 1.807) is 45.2 Å². The molecule has 0 radical (unpaired) electrons. The lowest BCUT2D eigenvalue weighted by Crippen LogP contribution is -2.48. The maximum atomic E-state index is 12.7. The lowest BCUT2D eigenvalue weighted by atomic mass is 10.2. The van der Waals surface area contributed by atoms with Crippen molar-refractivity contribution in [2.24, 2.45) is 0 Å². The first-order valence-corrected chi connectivity index (χ1v) is 9.66. The van der Waals surface area contributed by atoms with Gasteiger partial charge in [-0.05, 0) is 38.1 Å². The highest BCUT2D eigenvalue weighted by Gasteiger charge is 2.33. The van der Waals surface area contributed by atoms with Crippen molar-refractivity contribution in [1.29, 1.82) is 0 Å².